The number of carbonyl (C=O) groups excluding carboxylic acids is 1. The number of benzene rings is 1. The molecule has 6 heteroatoms. The lowest BCUT2D eigenvalue weighted by Gasteiger charge is -2.16. The zero-order valence-corrected chi connectivity index (χ0v) is 12.6. The molecule has 0 unspecified atom stereocenters. The summed E-state index contributed by atoms with van der Waals surface area (Å²) >= 11 is 7.64. The lowest BCUT2D eigenvalue weighted by atomic mass is 10.2. The number of amidine groups is 1. The van der Waals surface area contributed by atoms with Crippen LogP contribution in [0.2, 0.25) is 5.02 Å². The molecule has 0 spiro atoms. The van der Waals surface area contributed by atoms with Gasteiger partial charge in [-0.15, -0.1) is 0 Å². The average Bonchev–Trinajstić information content (AvgIpc) is 3.00. The van der Waals surface area contributed by atoms with E-state index in [1.54, 1.807) is 11.8 Å². The van der Waals surface area contributed by atoms with Gasteiger partial charge in [0.1, 0.15) is 0 Å². The van der Waals surface area contributed by atoms with Gasteiger partial charge in [-0.25, -0.2) is 0 Å². The minimum absolute atomic E-state index is 0.0321. The largest absolute Gasteiger partial charge is 0.325 e. The number of halogens is 1. The third-order valence-electron chi connectivity index (χ3n) is 3.33. The number of nitrogens with one attached hydrogen (secondary N) is 1. The number of carbonyl (C=O) groups is 1. The number of anilines is 1. The number of thioether (sulfide) groups is 1. The number of fused-ring (bicyclic) bond motifs is 1. The molecule has 1 amide bonds. The van der Waals surface area contributed by atoms with Gasteiger partial charge in [0.25, 0.3) is 0 Å². The van der Waals surface area contributed by atoms with Gasteiger partial charge in [-0.1, -0.05) is 29.4 Å². The van der Waals surface area contributed by atoms with E-state index in [0.29, 0.717) is 11.4 Å². The van der Waals surface area contributed by atoms with Crippen molar-refractivity contribution in [3.8, 4) is 0 Å². The first-order valence-electron chi connectivity index (χ1n) is 6.38. The molecule has 1 aromatic rings. The normalized spacial score (nSPS) is 16.8. The molecule has 0 aliphatic carbocycles. The summed E-state index contributed by atoms with van der Waals surface area (Å²) in [6, 6.07) is 5.51. The fourth-order valence-corrected chi connectivity index (χ4v) is 3.35. The highest BCUT2D eigenvalue weighted by atomic mass is 35.5. The van der Waals surface area contributed by atoms with Gasteiger partial charge in [-0.3, -0.25) is 9.79 Å². The predicted molar refractivity (Wildman–Crippen MR) is 84.1 cm³/mol. The van der Waals surface area contributed by atoms with Crippen LogP contribution < -0.4 is 5.32 Å². The number of amides is 1. The molecular formula is C14H14ClN3OS. The molecule has 2 aliphatic rings. The first-order chi connectivity index (χ1) is 9.65. The van der Waals surface area contributed by atoms with Crippen molar-refractivity contribution in [2.75, 3.05) is 18.4 Å². The quantitative estimate of drug-likeness (QED) is 0.932. The molecule has 0 fully saturated rings. The SMILES string of the molecule is Cc1c(Cl)cccc1NC(=O)CC1=CSC2=NCCN12. The Morgan fingerprint density at radius 2 is 2.40 bits per heavy atom. The van der Waals surface area contributed by atoms with E-state index in [1.165, 1.54) is 0 Å². The predicted octanol–water partition coefficient (Wildman–Crippen LogP) is 3.24. The molecule has 0 saturated carbocycles. The molecule has 1 aromatic carbocycles. The molecule has 0 saturated heterocycles. The Balaban J connectivity index is 1.66. The summed E-state index contributed by atoms with van der Waals surface area (Å²) in [5.74, 6) is -0.0321. The van der Waals surface area contributed by atoms with Crippen LogP contribution in [-0.4, -0.2) is 29.1 Å². The maximum atomic E-state index is 12.1. The fraction of sp³-hybridized carbons (Fsp3) is 0.286. The van der Waals surface area contributed by atoms with Gasteiger partial charge in [0.2, 0.25) is 5.91 Å². The Bertz CT molecular complexity index is 627. The standard InChI is InChI=1S/C14H14ClN3OS/c1-9-11(15)3-2-4-12(9)17-13(19)7-10-8-20-14-16-5-6-18(10)14/h2-4,8H,5-7H2,1H3,(H,17,19). The Hall–Kier alpha value is -1.46. The average molecular weight is 308 g/mol. The summed E-state index contributed by atoms with van der Waals surface area (Å²) in [5.41, 5.74) is 2.67. The molecule has 4 nitrogen and oxygen atoms in total. The van der Waals surface area contributed by atoms with Crippen LogP contribution in [0.3, 0.4) is 0 Å². The second-order valence-electron chi connectivity index (χ2n) is 4.68. The molecular weight excluding hydrogens is 294 g/mol. The Morgan fingerprint density at radius 1 is 1.55 bits per heavy atom. The Kier molecular flexibility index (Phi) is 3.72. The molecule has 20 heavy (non-hydrogen) atoms. The topological polar surface area (TPSA) is 44.7 Å². The third kappa shape index (κ3) is 2.55. The second-order valence-corrected chi connectivity index (χ2v) is 5.92. The van der Waals surface area contributed by atoms with Crippen LogP contribution in [-0.2, 0) is 4.79 Å². The number of aliphatic imine (C=N–C) groups is 1. The minimum Gasteiger partial charge on any atom is -0.325 e. The lowest BCUT2D eigenvalue weighted by molar-refractivity contribution is -0.115. The third-order valence-corrected chi connectivity index (χ3v) is 4.69. The molecule has 3 rings (SSSR count). The van der Waals surface area contributed by atoms with E-state index in [0.717, 1.165) is 35.2 Å². The van der Waals surface area contributed by atoms with Crippen LogP contribution in [0, 0.1) is 6.92 Å². The molecule has 0 aromatic heterocycles. The molecule has 0 radical (unpaired) electrons. The first-order valence-corrected chi connectivity index (χ1v) is 7.63. The Labute approximate surface area is 126 Å². The maximum absolute atomic E-state index is 12.1. The monoisotopic (exact) mass is 307 g/mol. The number of hydrogen-bond acceptors (Lipinski definition) is 4. The zero-order valence-electron chi connectivity index (χ0n) is 11.0. The van der Waals surface area contributed by atoms with Crippen molar-refractivity contribution in [1.29, 1.82) is 0 Å². The fourth-order valence-electron chi connectivity index (χ4n) is 2.22. The highest BCUT2D eigenvalue weighted by molar-refractivity contribution is 8.16. The van der Waals surface area contributed by atoms with Gasteiger partial charge in [0.05, 0.1) is 13.0 Å². The van der Waals surface area contributed by atoms with Crippen LogP contribution in [0.1, 0.15) is 12.0 Å². The Morgan fingerprint density at radius 3 is 3.25 bits per heavy atom. The minimum atomic E-state index is -0.0321. The van der Waals surface area contributed by atoms with Crippen molar-refractivity contribution in [2.24, 2.45) is 4.99 Å². The second kappa shape index (κ2) is 5.50. The summed E-state index contributed by atoms with van der Waals surface area (Å²) in [7, 11) is 0. The van der Waals surface area contributed by atoms with E-state index in [4.69, 9.17) is 11.6 Å². The van der Waals surface area contributed by atoms with Crippen molar-refractivity contribution in [3.63, 3.8) is 0 Å². The van der Waals surface area contributed by atoms with Crippen molar-refractivity contribution < 1.29 is 4.79 Å². The van der Waals surface area contributed by atoms with Gasteiger partial charge in [0.15, 0.2) is 5.17 Å². The van der Waals surface area contributed by atoms with Gasteiger partial charge < -0.3 is 10.2 Å². The summed E-state index contributed by atoms with van der Waals surface area (Å²) < 4.78 is 0. The van der Waals surface area contributed by atoms with Crippen molar-refractivity contribution in [3.05, 3.63) is 39.9 Å². The van der Waals surface area contributed by atoms with E-state index >= 15 is 0 Å². The molecule has 2 aliphatic heterocycles. The van der Waals surface area contributed by atoms with E-state index < -0.39 is 0 Å². The van der Waals surface area contributed by atoms with Crippen molar-refractivity contribution in [2.45, 2.75) is 13.3 Å². The summed E-state index contributed by atoms with van der Waals surface area (Å²) in [5, 5.41) is 6.59. The smallest absolute Gasteiger partial charge is 0.230 e. The van der Waals surface area contributed by atoms with Gasteiger partial charge in [0, 0.05) is 23.0 Å². The van der Waals surface area contributed by atoms with E-state index in [1.807, 2.05) is 30.5 Å². The summed E-state index contributed by atoms with van der Waals surface area (Å²) in [6.45, 7) is 3.58. The molecule has 1 N–H and O–H groups in total. The summed E-state index contributed by atoms with van der Waals surface area (Å²) in [6.07, 6.45) is 0.359. The van der Waals surface area contributed by atoms with Gasteiger partial charge in [-0.05, 0) is 30.0 Å². The molecule has 2 heterocycles. The number of hydrogen-bond donors (Lipinski definition) is 1. The van der Waals surface area contributed by atoms with Gasteiger partial charge >= 0.3 is 0 Å². The van der Waals surface area contributed by atoms with Crippen LogP contribution in [0.4, 0.5) is 5.69 Å². The van der Waals surface area contributed by atoms with Crippen LogP contribution in [0.5, 0.6) is 0 Å². The van der Waals surface area contributed by atoms with E-state index in [-0.39, 0.29) is 5.91 Å². The van der Waals surface area contributed by atoms with Crippen molar-refractivity contribution >= 4 is 40.1 Å². The molecule has 0 bridgehead atoms. The lowest BCUT2D eigenvalue weighted by Crippen LogP contribution is -2.24. The highest BCUT2D eigenvalue weighted by Crippen LogP contribution is 2.31. The number of nitrogens with zero attached hydrogens (tertiary/aromatic N) is 2. The highest BCUT2D eigenvalue weighted by Gasteiger charge is 2.27. The maximum Gasteiger partial charge on any atom is 0.230 e. The molecule has 0 atom stereocenters. The molecule has 104 valence electrons. The van der Waals surface area contributed by atoms with Crippen LogP contribution in [0.15, 0.2) is 34.3 Å². The van der Waals surface area contributed by atoms with E-state index in [2.05, 4.69) is 15.2 Å². The number of rotatable bonds is 3. The van der Waals surface area contributed by atoms with Crippen LogP contribution >= 0.6 is 23.4 Å². The van der Waals surface area contributed by atoms with Gasteiger partial charge in [-0.2, -0.15) is 0 Å². The first kappa shape index (κ1) is 13.5. The van der Waals surface area contributed by atoms with E-state index in [9.17, 15) is 4.79 Å². The van der Waals surface area contributed by atoms with Crippen molar-refractivity contribution in [1.82, 2.24) is 4.90 Å². The van der Waals surface area contributed by atoms with Crippen LogP contribution in [0.25, 0.3) is 0 Å². The zero-order chi connectivity index (χ0) is 14.1. The summed E-state index contributed by atoms with van der Waals surface area (Å²) in [4.78, 5) is 18.6.